The predicted octanol–water partition coefficient (Wildman–Crippen LogP) is 2.63. The van der Waals surface area contributed by atoms with Crippen LogP contribution in [0.5, 0.6) is 0 Å². The molecule has 0 atom stereocenters. The van der Waals surface area contributed by atoms with Gasteiger partial charge in [0.15, 0.2) is 11.5 Å². The molecule has 2 aromatic carbocycles. The average molecular weight is 550 g/mol. The number of anilines is 1. The monoisotopic (exact) mass is 549 g/mol. The van der Waals surface area contributed by atoms with Crippen LogP contribution >= 0.6 is 0 Å². The van der Waals surface area contributed by atoms with Gasteiger partial charge in [0.2, 0.25) is 0 Å². The molecule has 6 aromatic rings. The van der Waals surface area contributed by atoms with Gasteiger partial charge in [-0.15, -0.1) is 5.10 Å². The number of aromatic nitrogens is 7. The zero-order valence-corrected chi connectivity index (χ0v) is 22.1. The molecule has 0 aliphatic rings. The molecule has 0 aliphatic carbocycles. The Kier molecular flexibility index (Phi) is 7.25. The lowest BCUT2D eigenvalue weighted by Crippen LogP contribution is -2.24. The molecule has 0 saturated heterocycles. The summed E-state index contributed by atoms with van der Waals surface area (Å²) in [6.07, 6.45) is 7.19. The highest BCUT2D eigenvalue weighted by Crippen LogP contribution is 2.18. The maximum atomic E-state index is 13.8. The number of hydrogen-bond donors (Lipinski definition) is 2. The fourth-order valence-electron chi connectivity index (χ4n) is 4.26. The number of aryl methyl sites for hydroxylation is 2. The van der Waals surface area contributed by atoms with Gasteiger partial charge in [0.1, 0.15) is 17.2 Å². The van der Waals surface area contributed by atoms with Crippen LogP contribution in [0.15, 0.2) is 78.1 Å². The second kappa shape index (κ2) is 11.1. The molecule has 1 amide bonds. The molecule has 4 aromatic heterocycles. The standard InChI is InChI=1S/C22H17FN4O.C7H7N5O/c1-3-20-25-19-9-4-6-16(11-10-15-13-24-26(2)14-15)21(19)22(28)27(20)18-8-5-7-17(23)12-18;8-5-4(6(9)13)7-10-2-1-3-12(7)11-5/h4-9,12-14H,3H2,1-2H3;1-3H,(H2,8,11)(H2,9,13). The summed E-state index contributed by atoms with van der Waals surface area (Å²) in [5.41, 5.74) is 13.2. The van der Waals surface area contributed by atoms with Gasteiger partial charge >= 0.3 is 0 Å². The number of hydrogen-bond acceptors (Lipinski definition) is 7. The number of halogens is 1. The summed E-state index contributed by atoms with van der Waals surface area (Å²) in [5.74, 6) is 5.73. The number of nitrogens with zero attached hydrogens (tertiary/aromatic N) is 7. The topological polar surface area (TPSA) is 152 Å². The van der Waals surface area contributed by atoms with Gasteiger partial charge in [0.25, 0.3) is 11.5 Å². The van der Waals surface area contributed by atoms with Crippen LogP contribution in [0.1, 0.15) is 34.2 Å². The van der Waals surface area contributed by atoms with E-state index in [0.717, 1.165) is 5.56 Å². The van der Waals surface area contributed by atoms with Gasteiger partial charge in [-0.1, -0.05) is 30.9 Å². The summed E-state index contributed by atoms with van der Waals surface area (Å²) < 4.78 is 18.3. The Labute approximate surface area is 232 Å². The van der Waals surface area contributed by atoms with Crippen molar-refractivity contribution in [2.24, 2.45) is 12.8 Å². The Morgan fingerprint density at radius 1 is 1.12 bits per heavy atom. The summed E-state index contributed by atoms with van der Waals surface area (Å²) in [6, 6.07) is 13.0. The van der Waals surface area contributed by atoms with Gasteiger partial charge in [0.05, 0.1) is 28.4 Å². The fraction of sp³-hybridized carbons (Fsp3) is 0.103. The quantitative estimate of drug-likeness (QED) is 0.322. The van der Waals surface area contributed by atoms with Crippen molar-refractivity contribution in [1.29, 1.82) is 0 Å². The highest BCUT2D eigenvalue weighted by molar-refractivity contribution is 6.03. The summed E-state index contributed by atoms with van der Waals surface area (Å²) in [4.78, 5) is 32.9. The van der Waals surface area contributed by atoms with Gasteiger partial charge in [0, 0.05) is 37.6 Å². The normalized spacial score (nSPS) is 10.6. The van der Waals surface area contributed by atoms with Crippen LogP contribution < -0.4 is 17.0 Å². The molecule has 41 heavy (non-hydrogen) atoms. The molecule has 204 valence electrons. The van der Waals surface area contributed by atoms with Gasteiger partial charge in [-0.05, 0) is 36.4 Å². The van der Waals surface area contributed by atoms with E-state index in [9.17, 15) is 14.0 Å². The van der Waals surface area contributed by atoms with E-state index < -0.39 is 11.7 Å². The van der Waals surface area contributed by atoms with Crippen molar-refractivity contribution in [2.45, 2.75) is 13.3 Å². The number of nitrogen functional groups attached to an aromatic ring is 1. The number of fused-ring (bicyclic) bond motifs is 2. The number of primary amides is 1. The molecule has 0 aliphatic heterocycles. The first kappa shape index (κ1) is 26.8. The first-order chi connectivity index (χ1) is 19.8. The third-order valence-corrected chi connectivity index (χ3v) is 6.06. The molecule has 0 fully saturated rings. The van der Waals surface area contributed by atoms with Crippen LogP contribution in [0.4, 0.5) is 10.2 Å². The summed E-state index contributed by atoms with van der Waals surface area (Å²) in [6.45, 7) is 1.91. The molecule has 0 saturated carbocycles. The lowest BCUT2D eigenvalue weighted by atomic mass is 10.1. The van der Waals surface area contributed by atoms with Crippen LogP contribution in [0.2, 0.25) is 0 Å². The Hall–Kier alpha value is -5.83. The van der Waals surface area contributed by atoms with E-state index in [4.69, 9.17) is 11.5 Å². The second-order valence-corrected chi connectivity index (χ2v) is 8.87. The predicted molar refractivity (Wildman–Crippen MR) is 152 cm³/mol. The lowest BCUT2D eigenvalue weighted by Gasteiger charge is -2.13. The number of nitrogens with two attached hydrogens (primary N) is 2. The minimum atomic E-state index is -0.619. The molecule has 4 heterocycles. The minimum Gasteiger partial charge on any atom is -0.381 e. The van der Waals surface area contributed by atoms with Crippen molar-refractivity contribution in [3.8, 4) is 17.5 Å². The minimum absolute atomic E-state index is 0.103. The lowest BCUT2D eigenvalue weighted by molar-refractivity contribution is 0.100. The summed E-state index contributed by atoms with van der Waals surface area (Å²) in [7, 11) is 1.82. The van der Waals surface area contributed by atoms with Gasteiger partial charge in [-0.3, -0.25) is 18.8 Å². The molecule has 12 heteroatoms. The van der Waals surface area contributed by atoms with Crippen molar-refractivity contribution in [3.05, 3.63) is 112 Å². The zero-order chi connectivity index (χ0) is 29.1. The van der Waals surface area contributed by atoms with Crippen LogP contribution in [0.3, 0.4) is 0 Å². The third-order valence-electron chi connectivity index (χ3n) is 6.06. The van der Waals surface area contributed by atoms with E-state index in [1.54, 1.807) is 59.8 Å². The smallest absolute Gasteiger partial charge is 0.267 e. The highest BCUT2D eigenvalue weighted by Gasteiger charge is 2.16. The second-order valence-electron chi connectivity index (χ2n) is 8.87. The van der Waals surface area contributed by atoms with E-state index >= 15 is 0 Å². The van der Waals surface area contributed by atoms with E-state index in [-0.39, 0.29) is 16.9 Å². The number of benzene rings is 2. The first-order valence-electron chi connectivity index (χ1n) is 12.5. The molecule has 0 bridgehead atoms. The van der Waals surface area contributed by atoms with Gasteiger partial charge in [-0.25, -0.2) is 18.9 Å². The average Bonchev–Trinajstić information content (AvgIpc) is 3.53. The van der Waals surface area contributed by atoms with Crippen LogP contribution in [0.25, 0.3) is 22.2 Å². The van der Waals surface area contributed by atoms with Crippen LogP contribution in [0, 0.1) is 17.7 Å². The summed E-state index contributed by atoms with van der Waals surface area (Å²) >= 11 is 0. The Bertz CT molecular complexity index is 2050. The zero-order valence-electron chi connectivity index (χ0n) is 22.1. The van der Waals surface area contributed by atoms with Crippen molar-refractivity contribution < 1.29 is 9.18 Å². The highest BCUT2D eigenvalue weighted by atomic mass is 19.1. The number of carbonyl (C=O) groups is 1. The number of amides is 1. The summed E-state index contributed by atoms with van der Waals surface area (Å²) in [5, 5.41) is 8.38. The van der Waals surface area contributed by atoms with Crippen molar-refractivity contribution in [3.63, 3.8) is 0 Å². The maximum absolute atomic E-state index is 13.8. The van der Waals surface area contributed by atoms with E-state index in [1.807, 2.05) is 20.0 Å². The number of rotatable bonds is 3. The Morgan fingerprint density at radius 2 is 1.93 bits per heavy atom. The first-order valence-corrected chi connectivity index (χ1v) is 12.5. The maximum Gasteiger partial charge on any atom is 0.267 e. The Morgan fingerprint density at radius 3 is 2.63 bits per heavy atom. The molecular weight excluding hydrogens is 525 g/mol. The SMILES string of the molecule is CCc1nc2cccc(C#Cc3cnn(C)c3)c2c(=O)n1-c1cccc(F)c1.NC(=O)c1c(N)nn2cccnc12. The van der Waals surface area contributed by atoms with E-state index in [1.165, 1.54) is 21.2 Å². The molecule has 0 radical (unpaired) electrons. The molecule has 4 N–H and O–H groups in total. The fourth-order valence-corrected chi connectivity index (χ4v) is 4.26. The van der Waals surface area contributed by atoms with Gasteiger partial charge < -0.3 is 11.5 Å². The molecular formula is C29H24FN9O2. The third kappa shape index (κ3) is 5.37. The van der Waals surface area contributed by atoms with Crippen molar-refractivity contribution in [2.75, 3.05) is 5.73 Å². The molecule has 11 nitrogen and oxygen atoms in total. The van der Waals surface area contributed by atoms with E-state index in [2.05, 4.69) is 32.0 Å². The Balaban J connectivity index is 0.000000216. The van der Waals surface area contributed by atoms with Crippen molar-refractivity contribution >= 4 is 28.3 Å². The van der Waals surface area contributed by atoms with Crippen molar-refractivity contribution in [1.82, 2.24) is 33.9 Å². The van der Waals surface area contributed by atoms with Gasteiger partial charge in [-0.2, -0.15) is 5.10 Å². The molecule has 0 spiro atoms. The van der Waals surface area contributed by atoms with E-state index in [0.29, 0.717) is 40.0 Å². The number of carbonyl (C=O) groups excluding carboxylic acids is 1. The molecule has 6 rings (SSSR count). The van der Waals surface area contributed by atoms with Crippen LogP contribution in [-0.2, 0) is 13.5 Å². The molecule has 0 unspecified atom stereocenters. The van der Waals surface area contributed by atoms with Crippen LogP contribution in [-0.4, -0.2) is 39.8 Å². The largest absolute Gasteiger partial charge is 0.381 e.